The standard InChI is InChI=1S/C25H28N2O3/c1-2-18-8-3-6-12-23(18)29-15-14-26-16-19(28)17-30-24-13-7-11-22-25(24)20-9-4-5-10-21(20)27-22/h3-13,19,26-28H,2,14-17H2,1H3. The number of aromatic amines is 1. The molecule has 0 saturated heterocycles. The molecule has 1 aromatic heterocycles. The van der Waals surface area contributed by atoms with Crippen LogP contribution in [0.25, 0.3) is 21.8 Å². The first kappa shape index (κ1) is 20.3. The molecule has 0 aliphatic rings. The lowest BCUT2D eigenvalue weighted by Gasteiger charge is -2.15. The second kappa shape index (κ2) is 9.65. The van der Waals surface area contributed by atoms with Crippen LogP contribution >= 0.6 is 0 Å². The lowest BCUT2D eigenvalue weighted by atomic mass is 10.1. The Kier molecular flexibility index (Phi) is 6.52. The number of nitrogens with one attached hydrogen (secondary N) is 2. The summed E-state index contributed by atoms with van der Waals surface area (Å²) >= 11 is 0. The average Bonchev–Trinajstić information content (AvgIpc) is 3.17. The molecule has 0 amide bonds. The van der Waals surface area contributed by atoms with Crippen molar-refractivity contribution in [3.63, 3.8) is 0 Å². The molecule has 1 heterocycles. The van der Waals surface area contributed by atoms with Crippen molar-refractivity contribution in [2.45, 2.75) is 19.4 Å². The summed E-state index contributed by atoms with van der Waals surface area (Å²) in [6, 6.07) is 22.2. The number of aliphatic hydroxyl groups excluding tert-OH is 1. The first-order valence-electron chi connectivity index (χ1n) is 10.5. The highest BCUT2D eigenvalue weighted by Crippen LogP contribution is 2.32. The number of hydrogen-bond acceptors (Lipinski definition) is 4. The van der Waals surface area contributed by atoms with Crippen LogP contribution in [-0.4, -0.2) is 42.5 Å². The molecule has 3 N–H and O–H groups in total. The molecule has 0 bridgehead atoms. The van der Waals surface area contributed by atoms with Gasteiger partial charge in [0.05, 0.1) is 5.52 Å². The normalized spacial score (nSPS) is 12.3. The number of H-pyrrole nitrogens is 1. The van der Waals surface area contributed by atoms with E-state index in [1.165, 1.54) is 5.56 Å². The van der Waals surface area contributed by atoms with E-state index in [1.807, 2.05) is 48.5 Å². The van der Waals surface area contributed by atoms with Crippen LogP contribution in [0, 0.1) is 0 Å². The number of ether oxygens (including phenoxy) is 2. The number of benzene rings is 3. The summed E-state index contributed by atoms with van der Waals surface area (Å²) in [5, 5.41) is 15.7. The molecule has 5 heteroatoms. The second-order valence-electron chi connectivity index (χ2n) is 7.33. The van der Waals surface area contributed by atoms with E-state index < -0.39 is 6.10 Å². The van der Waals surface area contributed by atoms with Crippen molar-refractivity contribution < 1.29 is 14.6 Å². The number of para-hydroxylation sites is 2. The topological polar surface area (TPSA) is 66.5 Å². The Morgan fingerprint density at radius 2 is 1.67 bits per heavy atom. The molecular formula is C25H28N2O3. The van der Waals surface area contributed by atoms with Crippen LogP contribution in [0.15, 0.2) is 66.7 Å². The summed E-state index contributed by atoms with van der Waals surface area (Å²) in [4.78, 5) is 3.41. The minimum Gasteiger partial charge on any atom is -0.492 e. The Morgan fingerprint density at radius 3 is 2.57 bits per heavy atom. The van der Waals surface area contributed by atoms with Crippen molar-refractivity contribution in [3.05, 3.63) is 72.3 Å². The van der Waals surface area contributed by atoms with Gasteiger partial charge in [-0.3, -0.25) is 0 Å². The van der Waals surface area contributed by atoms with E-state index in [2.05, 4.69) is 35.4 Å². The van der Waals surface area contributed by atoms with Crippen LogP contribution in [0.5, 0.6) is 11.5 Å². The molecule has 0 aliphatic carbocycles. The van der Waals surface area contributed by atoms with Crippen molar-refractivity contribution in [3.8, 4) is 11.5 Å². The first-order valence-corrected chi connectivity index (χ1v) is 10.5. The second-order valence-corrected chi connectivity index (χ2v) is 7.33. The number of aliphatic hydroxyl groups is 1. The molecule has 1 unspecified atom stereocenters. The summed E-state index contributed by atoms with van der Waals surface area (Å²) in [5.41, 5.74) is 3.32. The zero-order valence-corrected chi connectivity index (χ0v) is 17.2. The molecule has 0 radical (unpaired) electrons. The third-order valence-electron chi connectivity index (χ3n) is 5.19. The summed E-state index contributed by atoms with van der Waals surface area (Å²) in [5.74, 6) is 1.71. The van der Waals surface area contributed by atoms with Gasteiger partial charge in [-0.2, -0.15) is 0 Å². The molecule has 4 aromatic rings. The van der Waals surface area contributed by atoms with Gasteiger partial charge in [-0.15, -0.1) is 0 Å². The molecule has 1 atom stereocenters. The average molecular weight is 405 g/mol. The SMILES string of the molecule is CCc1ccccc1OCCNCC(O)COc1cccc2[nH]c3ccccc3c12. The van der Waals surface area contributed by atoms with Gasteiger partial charge in [0.2, 0.25) is 0 Å². The monoisotopic (exact) mass is 404 g/mol. The minimum absolute atomic E-state index is 0.227. The lowest BCUT2D eigenvalue weighted by Crippen LogP contribution is -2.33. The number of aromatic nitrogens is 1. The van der Waals surface area contributed by atoms with E-state index >= 15 is 0 Å². The third-order valence-corrected chi connectivity index (χ3v) is 5.19. The zero-order chi connectivity index (χ0) is 20.8. The Bertz CT molecular complexity index is 1110. The van der Waals surface area contributed by atoms with Crippen LogP contribution in [0.2, 0.25) is 0 Å². The largest absolute Gasteiger partial charge is 0.492 e. The number of aryl methyl sites for hydroxylation is 1. The molecule has 0 aliphatic heterocycles. The predicted octanol–water partition coefficient (Wildman–Crippen LogP) is 4.29. The van der Waals surface area contributed by atoms with Gasteiger partial charge < -0.3 is 24.9 Å². The van der Waals surface area contributed by atoms with Crippen LogP contribution in [0.4, 0.5) is 0 Å². The van der Waals surface area contributed by atoms with Crippen molar-refractivity contribution in [1.29, 1.82) is 0 Å². The fourth-order valence-electron chi connectivity index (χ4n) is 3.67. The number of fused-ring (bicyclic) bond motifs is 3. The van der Waals surface area contributed by atoms with Crippen molar-refractivity contribution in [2.24, 2.45) is 0 Å². The highest BCUT2D eigenvalue weighted by atomic mass is 16.5. The smallest absolute Gasteiger partial charge is 0.129 e. The van der Waals surface area contributed by atoms with Crippen molar-refractivity contribution in [1.82, 2.24) is 10.3 Å². The lowest BCUT2D eigenvalue weighted by molar-refractivity contribution is 0.106. The maximum absolute atomic E-state index is 10.3. The summed E-state index contributed by atoms with van der Waals surface area (Å²) in [6.45, 7) is 4.01. The summed E-state index contributed by atoms with van der Waals surface area (Å²) in [7, 11) is 0. The van der Waals surface area contributed by atoms with Gasteiger partial charge in [0.1, 0.15) is 30.8 Å². The van der Waals surface area contributed by atoms with Crippen molar-refractivity contribution >= 4 is 21.8 Å². The van der Waals surface area contributed by atoms with E-state index in [4.69, 9.17) is 9.47 Å². The maximum Gasteiger partial charge on any atom is 0.129 e. The summed E-state index contributed by atoms with van der Waals surface area (Å²) in [6.07, 6.45) is 0.344. The number of hydrogen-bond donors (Lipinski definition) is 3. The molecule has 5 nitrogen and oxygen atoms in total. The molecule has 0 fully saturated rings. The van der Waals surface area contributed by atoms with Gasteiger partial charge in [0.25, 0.3) is 0 Å². The van der Waals surface area contributed by atoms with Gasteiger partial charge in [0.15, 0.2) is 0 Å². The Balaban J connectivity index is 1.26. The molecule has 156 valence electrons. The van der Waals surface area contributed by atoms with Gasteiger partial charge in [-0.05, 0) is 36.2 Å². The highest BCUT2D eigenvalue weighted by Gasteiger charge is 2.11. The Labute approximate surface area is 176 Å². The van der Waals surface area contributed by atoms with Crippen LogP contribution in [0.3, 0.4) is 0 Å². The van der Waals surface area contributed by atoms with Crippen molar-refractivity contribution in [2.75, 3.05) is 26.3 Å². The van der Waals surface area contributed by atoms with Crippen LogP contribution in [0.1, 0.15) is 12.5 Å². The maximum atomic E-state index is 10.3. The van der Waals surface area contributed by atoms with Gasteiger partial charge >= 0.3 is 0 Å². The fourth-order valence-corrected chi connectivity index (χ4v) is 3.67. The number of rotatable bonds is 10. The molecule has 4 rings (SSSR count). The Hall–Kier alpha value is -3.02. The predicted molar refractivity (Wildman–Crippen MR) is 121 cm³/mol. The molecule has 0 spiro atoms. The minimum atomic E-state index is -0.603. The van der Waals surface area contributed by atoms with E-state index in [0.29, 0.717) is 19.7 Å². The molecule has 30 heavy (non-hydrogen) atoms. The quantitative estimate of drug-likeness (QED) is 0.345. The van der Waals surface area contributed by atoms with Gasteiger partial charge in [0, 0.05) is 29.4 Å². The fraction of sp³-hybridized carbons (Fsp3) is 0.280. The Morgan fingerprint density at radius 1 is 0.900 bits per heavy atom. The van der Waals surface area contributed by atoms with E-state index in [-0.39, 0.29) is 6.61 Å². The summed E-state index contributed by atoms with van der Waals surface area (Å²) < 4.78 is 11.8. The van der Waals surface area contributed by atoms with E-state index in [1.54, 1.807) is 0 Å². The van der Waals surface area contributed by atoms with Gasteiger partial charge in [-0.25, -0.2) is 0 Å². The molecule has 0 saturated carbocycles. The third kappa shape index (κ3) is 4.58. The van der Waals surface area contributed by atoms with Gasteiger partial charge in [-0.1, -0.05) is 49.4 Å². The van der Waals surface area contributed by atoms with E-state index in [0.717, 1.165) is 39.7 Å². The molecule has 3 aromatic carbocycles. The molecular weight excluding hydrogens is 376 g/mol. The first-order chi connectivity index (χ1) is 14.8. The zero-order valence-electron chi connectivity index (χ0n) is 17.2. The van der Waals surface area contributed by atoms with Crippen LogP contribution in [-0.2, 0) is 6.42 Å². The van der Waals surface area contributed by atoms with Crippen LogP contribution < -0.4 is 14.8 Å². The van der Waals surface area contributed by atoms with E-state index in [9.17, 15) is 5.11 Å². The highest BCUT2D eigenvalue weighted by molar-refractivity contribution is 6.10.